The van der Waals surface area contributed by atoms with E-state index in [2.05, 4.69) is 29.1 Å². The zero-order valence-corrected chi connectivity index (χ0v) is 11.5. The highest BCUT2D eigenvalue weighted by molar-refractivity contribution is 6.09. The zero-order chi connectivity index (χ0) is 14.1. The first-order chi connectivity index (χ1) is 9.65. The Morgan fingerprint density at radius 2 is 2.10 bits per heavy atom. The Bertz CT molecular complexity index is 637. The first-order valence-corrected chi connectivity index (χ1v) is 6.63. The molecule has 1 aliphatic rings. The number of aromatic nitrogens is 2. The van der Waals surface area contributed by atoms with Crippen molar-refractivity contribution in [2.75, 3.05) is 10.2 Å². The molecule has 1 amide bonds. The molecule has 0 saturated heterocycles. The highest BCUT2D eigenvalue weighted by Gasteiger charge is 2.29. The molecule has 3 rings (SSSR count). The molecule has 5 heteroatoms. The first kappa shape index (κ1) is 12.6. The molecule has 20 heavy (non-hydrogen) atoms. The lowest BCUT2D eigenvalue weighted by molar-refractivity contribution is 0.0996. The van der Waals surface area contributed by atoms with Crippen LogP contribution < -0.4 is 10.2 Å². The van der Waals surface area contributed by atoms with Crippen LogP contribution in [0.2, 0.25) is 0 Å². The third-order valence-corrected chi connectivity index (χ3v) is 3.17. The van der Waals surface area contributed by atoms with Crippen molar-refractivity contribution in [1.29, 1.82) is 0 Å². The predicted octanol–water partition coefficient (Wildman–Crippen LogP) is 2.46. The topological polar surface area (TPSA) is 58.1 Å². The van der Waals surface area contributed by atoms with Gasteiger partial charge in [0.25, 0.3) is 5.91 Å². The van der Waals surface area contributed by atoms with Crippen molar-refractivity contribution in [3.05, 3.63) is 47.9 Å². The number of hydrogen-bond acceptors (Lipinski definition) is 4. The fourth-order valence-electron chi connectivity index (χ4n) is 2.26. The molecule has 0 saturated carbocycles. The minimum Gasteiger partial charge on any atom is -0.368 e. The Morgan fingerprint density at radius 1 is 1.25 bits per heavy atom. The molecule has 5 nitrogen and oxygen atoms in total. The number of fused-ring (bicyclic) bond motifs is 1. The molecule has 2 aromatic rings. The predicted molar refractivity (Wildman–Crippen MR) is 77.7 cm³/mol. The van der Waals surface area contributed by atoms with Gasteiger partial charge in [0.05, 0.1) is 29.7 Å². The molecule has 3 heterocycles. The minimum absolute atomic E-state index is 0.0144. The van der Waals surface area contributed by atoms with Crippen LogP contribution in [-0.2, 0) is 6.54 Å². The fraction of sp³-hybridized carbons (Fsp3) is 0.267. The molecule has 0 bridgehead atoms. The third-order valence-electron chi connectivity index (χ3n) is 3.17. The number of carbonyl (C=O) groups is 1. The Morgan fingerprint density at radius 3 is 2.75 bits per heavy atom. The smallest absolute Gasteiger partial charge is 0.260 e. The maximum absolute atomic E-state index is 12.3. The summed E-state index contributed by atoms with van der Waals surface area (Å²) in [5.41, 5.74) is 2.29. The van der Waals surface area contributed by atoms with Gasteiger partial charge in [-0.15, -0.1) is 0 Å². The quantitative estimate of drug-likeness (QED) is 0.929. The standard InChI is InChI=1S/C15H16N4O/c1-10(2)18-14-6-5-11(8-17-14)19-9-13-12(15(19)20)4-3-7-16-13/h3-8,10H,9H2,1-2H3,(H,17,18). The van der Waals surface area contributed by atoms with Gasteiger partial charge in [-0.25, -0.2) is 4.98 Å². The first-order valence-electron chi connectivity index (χ1n) is 6.63. The molecule has 102 valence electrons. The Balaban J connectivity index is 1.83. The zero-order valence-electron chi connectivity index (χ0n) is 11.5. The van der Waals surface area contributed by atoms with Gasteiger partial charge in [-0.1, -0.05) is 0 Å². The number of carbonyl (C=O) groups excluding carboxylic acids is 1. The lowest BCUT2D eigenvalue weighted by Gasteiger charge is -2.16. The van der Waals surface area contributed by atoms with Gasteiger partial charge in [-0.3, -0.25) is 9.78 Å². The molecular formula is C15H16N4O. The van der Waals surface area contributed by atoms with Gasteiger partial charge in [-0.05, 0) is 38.1 Å². The summed E-state index contributed by atoms with van der Waals surface area (Å²) in [4.78, 5) is 22.6. The van der Waals surface area contributed by atoms with Crippen LogP contribution in [0.4, 0.5) is 11.5 Å². The normalized spacial score (nSPS) is 13.8. The second-order valence-electron chi connectivity index (χ2n) is 5.09. The van der Waals surface area contributed by atoms with Crippen molar-refractivity contribution in [3.8, 4) is 0 Å². The number of rotatable bonds is 3. The van der Waals surface area contributed by atoms with Crippen molar-refractivity contribution in [2.24, 2.45) is 0 Å². The average molecular weight is 268 g/mol. The SMILES string of the molecule is CC(C)Nc1ccc(N2Cc3ncccc3C2=O)cn1. The van der Waals surface area contributed by atoms with Gasteiger partial charge in [0, 0.05) is 12.2 Å². The highest BCUT2D eigenvalue weighted by Crippen LogP contribution is 2.26. The van der Waals surface area contributed by atoms with Crippen LogP contribution in [0.15, 0.2) is 36.7 Å². The molecule has 0 atom stereocenters. The van der Waals surface area contributed by atoms with Crippen molar-refractivity contribution >= 4 is 17.4 Å². The van der Waals surface area contributed by atoms with Crippen LogP contribution >= 0.6 is 0 Å². The van der Waals surface area contributed by atoms with Crippen molar-refractivity contribution in [3.63, 3.8) is 0 Å². The van der Waals surface area contributed by atoms with Crippen LogP contribution in [0.25, 0.3) is 0 Å². The molecule has 1 N–H and O–H groups in total. The molecule has 0 aromatic carbocycles. The van der Waals surface area contributed by atoms with E-state index >= 15 is 0 Å². The summed E-state index contributed by atoms with van der Waals surface area (Å²) in [6, 6.07) is 7.72. The molecule has 0 fully saturated rings. The lowest BCUT2D eigenvalue weighted by Crippen LogP contribution is -2.23. The summed E-state index contributed by atoms with van der Waals surface area (Å²) in [5.74, 6) is 0.797. The second kappa shape index (κ2) is 4.92. The second-order valence-corrected chi connectivity index (χ2v) is 5.09. The van der Waals surface area contributed by atoms with Crippen molar-refractivity contribution < 1.29 is 4.79 Å². The number of hydrogen-bond donors (Lipinski definition) is 1. The molecule has 0 spiro atoms. The Hall–Kier alpha value is -2.43. The van der Waals surface area contributed by atoms with E-state index in [1.165, 1.54) is 0 Å². The van der Waals surface area contributed by atoms with Gasteiger partial charge >= 0.3 is 0 Å². The maximum Gasteiger partial charge on any atom is 0.260 e. The van der Waals surface area contributed by atoms with Crippen LogP contribution in [0, 0.1) is 0 Å². The number of anilines is 2. The van der Waals surface area contributed by atoms with E-state index < -0.39 is 0 Å². The van der Waals surface area contributed by atoms with Crippen molar-refractivity contribution in [2.45, 2.75) is 26.4 Å². The summed E-state index contributed by atoms with van der Waals surface area (Å²) < 4.78 is 0. The van der Waals surface area contributed by atoms with Gasteiger partial charge in [0.2, 0.25) is 0 Å². The van der Waals surface area contributed by atoms with E-state index in [4.69, 9.17) is 0 Å². The fourth-order valence-corrected chi connectivity index (χ4v) is 2.26. The third kappa shape index (κ3) is 2.22. The van der Waals surface area contributed by atoms with Crippen LogP contribution in [0.3, 0.4) is 0 Å². The summed E-state index contributed by atoms with van der Waals surface area (Å²) in [7, 11) is 0. The van der Waals surface area contributed by atoms with Gasteiger partial charge < -0.3 is 10.2 Å². The largest absolute Gasteiger partial charge is 0.368 e. The number of amides is 1. The van der Waals surface area contributed by atoms with E-state index in [1.807, 2.05) is 18.2 Å². The van der Waals surface area contributed by atoms with Crippen LogP contribution in [0.5, 0.6) is 0 Å². The average Bonchev–Trinajstić information content (AvgIpc) is 2.77. The van der Waals surface area contributed by atoms with Gasteiger partial charge in [-0.2, -0.15) is 0 Å². The maximum atomic E-state index is 12.3. The number of nitrogens with zero attached hydrogens (tertiary/aromatic N) is 3. The number of pyridine rings is 2. The van der Waals surface area contributed by atoms with Crippen molar-refractivity contribution in [1.82, 2.24) is 9.97 Å². The number of nitrogens with one attached hydrogen (secondary N) is 1. The van der Waals surface area contributed by atoms with E-state index in [0.29, 0.717) is 18.2 Å². The monoisotopic (exact) mass is 268 g/mol. The molecule has 0 aliphatic carbocycles. The van der Waals surface area contributed by atoms with Gasteiger partial charge in [0.1, 0.15) is 5.82 Å². The Labute approximate surface area is 117 Å². The summed E-state index contributed by atoms with van der Waals surface area (Å²) in [6.07, 6.45) is 3.43. The van der Waals surface area contributed by atoms with E-state index in [1.54, 1.807) is 23.4 Å². The lowest BCUT2D eigenvalue weighted by atomic mass is 10.2. The highest BCUT2D eigenvalue weighted by atomic mass is 16.2. The minimum atomic E-state index is -0.0144. The summed E-state index contributed by atoms with van der Waals surface area (Å²) >= 11 is 0. The van der Waals surface area contributed by atoms with E-state index in [-0.39, 0.29) is 5.91 Å². The molecule has 0 radical (unpaired) electrons. The molecule has 2 aromatic heterocycles. The van der Waals surface area contributed by atoms with E-state index in [0.717, 1.165) is 17.2 Å². The molecule has 1 aliphatic heterocycles. The Kier molecular flexibility index (Phi) is 3.10. The van der Waals surface area contributed by atoms with E-state index in [9.17, 15) is 4.79 Å². The van der Waals surface area contributed by atoms with Crippen LogP contribution in [0.1, 0.15) is 29.9 Å². The summed E-state index contributed by atoms with van der Waals surface area (Å²) in [5, 5.41) is 3.22. The summed E-state index contributed by atoms with van der Waals surface area (Å²) in [6.45, 7) is 4.62. The van der Waals surface area contributed by atoms with Crippen LogP contribution in [-0.4, -0.2) is 21.9 Å². The van der Waals surface area contributed by atoms with Gasteiger partial charge in [0.15, 0.2) is 0 Å². The molecule has 0 unspecified atom stereocenters. The molecular weight excluding hydrogens is 252 g/mol.